The maximum absolute atomic E-state index is 12.6. The summed E-state index contributed by atoms with van der Waals surface area (Å²) in [5.41, 5.74) is 0.620. The van der Waals surface area contributed by atoms with Crippen LogP contribution in [0.1, 0.15) is 30.1 Å². The summed E-state index contributed by atoms with van der Waals surface area (Å²) in [6.07, 6.45) is 3.44. The number of rotatable bonds is 6. The number of hydrogen-bond acceptors (Lipinski definition) is 5. The van der Waals surface area contributed by atoms with Crippen molar-refractivity contribution in [3.05, 3.63) is 23.9 Å². The summed E-state index contributed by atoms with van der Waals surface area (Å²) in [6.45, 7) is 4.47. The lowest BCUT2D eigenvalue weighted by molar-refractivity contribution is -0.00552. The number of anilines is 1. The summed E-state index contributed by atoms with van der Waals surface area (Å²) in [4.78, 5) is 18.7. The second-order valence-electron chi connectivity index (χ2n) is 5.02. The monoisotopic (exact) mass is 293 g/mol. The summed E-state index contributed by atoms with van der Waals surface area (Å²) < 4.78 is 5.52. The fourth-order valence-electron chi connectivity index (χ4n) is 2.50. The van der Waals surface area contributed by atoms with Gasteiger partial charge >= 0.3 is 0 Å². The number of hydrogen-bond donors (Lipinski definition) is 2. The van der Waals surface area contributed by atoms with E-state index in [1.807, 2.05) is 17.9 Å². The Kier molecular flexibility index (Phi) is 5.95. The number of pyridine rings is 1. The summed E-state index contributed by atoms with van der Waals surface area (Å²) in [7, 11) is 0. The number of nitrogens with zero attached hydrogens (tertiary/aromatic N) is 2. The van der Waals surface area contributed by atoms with Gasteiger partial charge in [-0.2, -0.15) is 0 Å². The van der Waals surface area contributed by atoms with E-state index in [0.29, 0.717) is 31.1 Å². The number of ether oxygens (including phenoxy) is 1. The third-order valence-corrected chi connectivity index (χ3v) is 3.56. The lowest BCUT2D eigenvalue weighted by atomic mass is 10.1. The lowest BCUT2D eigenvalue weighted by Gasteiger charge is -2.32. The number of likely N-dealkylation sites (tertiary alicyclic amines) is 1. The fourth-order valence-corrected chi connectivity index (χ4v) is 2.50. The van der Waals surface area contributed by atoms with E-state index < -0.39 is 0 Å². The van der Waals surface area contributed by atoms with Gasteiger partial charge < -0.3 is 20.1 Å². The van der Waals surface area contributed by atoms with Crippen LogP contribution in [0.15, 0.2) is 18.3 Å². The van der Waals surface area contributed by atoms with Gasteiger partial charge in [0.2, 0.25) is 0 Å². The van der Waals surface area contributed by atoms with E-state index in [2.05, 4.69) is 10.3 Å². The minimum Gasteiger partial charge on any atom is -0.394 e. The fraction of sp³-hybridized carbons (Fsp3) is 0.600. The first-order valence-electron chi connectivity index (χ1n) is 7.47. The Labute approximate surface area is 125 Å². The first-order valence-corrected chi connectivity index (χ1v) is 7.47. The highest BCUT2D eigenvalue weighted by atomic mass is 16.5. The van der Waals surface area contributed by atoms with Gasteiger partial charge in [0.1, 0.15) is 5.82 Å². The van der Waals surface area contributed by atoms with Crippen molar-refractivity contribution in [3.8, 4) is 0 Å². The molecule has 116 valence electrons. The molecule has 0 saturated carbocycles. The highest BCUT2D eigenvalue weighted by Crippen LogP contribution is 2.19. The van der Waals surface area contributed by atoms with Crippen molar-refractivity contribution in [1.82, 2.24) is 9.88 Å². The van der Waals surface area contributed by atoms with E-state index in [9.17, 15) is 4.79 Å². The molecule has 0 aliphatic carbocycles. The molecule has 0 spiro atoms. The van der Waals surface area contributed by atoms with Crippen molar-refractivity contribution in [1.29, 1.82) is 0 Å². The maximum atomic E-state index is 12.6. The highest BCUT2D eigenvalue weighted by Gasteiger charge is 2.25. The van der Waals surface area contributed by atoms with Crippen LogP contribution < -0.4 is 5.32 Å². The molecular formula is C15H23N3O3. The van der Waals surface area contributed by atoms with E-state index in [0.717, 1.165) is 19.4 Å². The molecule has 1 fully saturated rings. The largest absolute Gasteiger partial charge is 0.394 e. The molecule has 0 atom stereocenters. The molecule has 0 unspecified atom stereocenters. The molecule has 0 aromatic carbocycles. The molecule has 6 nitrogen and oxygen atoms in total. The van der Waals surface area contributed by atoms with E-state index in [1.165, 1.54) is 0 Å². The first-order chi connectivity index (χ1) is 10.3. The number of aromatic nitrogens is 1. The van der Waals surface area contributed by atoms with Crippen LogP contribution in [0.25, 0.3) is 0 Å². The van der Waals surface area contributed by atoms with Crippen LogP contribution in [0.2, 0.25) is 0 Å². The standard InChI is InChI=1S/C15H23N3O3/c1-2-16-14-13(4-3-7-17-14)15(20)18-8-5-12(6-9-18)21-11-10-19/h3-4,7,12,19H,2,5-6,8-11H2,1H3,(H,16,17). The Morgan fingerprint density at radius 1 is 1.52 bits per heavy atom. The van der Waals surface area contributed by atoms with Gasteiger partial charge in [0, 0.05) is 25.8 Å². The number of amides is 1. The lowest BCUT2D eigenvalue weighted by Crippen LogP contribution is -2.41. The average Bonchev–Trinajstić information content (AvgIpc) is 2.53. The minimum absolute atomic E-state index is 0.0136. The topological polar surface area (TPSA) is 74.7 Å². The molecule has 21 heavy (non-hydrogen) atoms. The minimum atomic E-state index is 0.0136. The van der Waals surface area contributed by atoms with Gasteiger partial charge in [0.15, 0.2) is 0 Å². The number of piperidine rings is 1. The Bertz CT molecular complexity index is 459. The molecule has 0 radical (unpaired) electrons. The maximum Gasteiger partial charge on any atom is 0.257 e. The Morgan fingerprint density at radius 3 is 2.95 bits per heavy atom. The Hall–Kier alpha value is -1.66. The smallest absolute Gasteiger partial charge is 0.257 e. The van der Waals surface area contributed by atoms with Crippen LogP contribution in [0.4, 0.5) is 5.82 Å². The molecule has 1 aromatic heterocycles. The van der Waals surface area contributed by atoms with Gasteiger partial charge in [-0.05, 0) is 31.9 Å². The van der Waals surface area contributed by atoms with E-state index in [-0.39, 0.29) is 18.6 Å². The van der Waals surface area contributed by atoms with Gasteiger partial charge in [-0.25, -0.2) is 4.98 Å². The van der Waals surface area contributed by atoms with Crippen LogP contribution in [0.3, 0.4) is 0 Å². The molecule has 1 aliphatic heterocycles. The van der Waals surface area contributed by atoms with Crippen molar-refractivity contribution in [3.63, 3.8) is 0 Å². The number of aliphatic hydroxyl groups is 1. The second kappa shape index (κ2) is 7.95. The van der Waals surface area contributed by atoms with Gasteiger partial charge in [0.05, 0.1) is 24.9 Å². The zero-order valence-corrected chi connectivity index (χ0v) is 12.4. The zero-order chi connectivity index (χ0) is 15.1. The van der Waals surface area contributed by atoms with E-state index in [4.69, 9.17) is 9.84 Å². The number of carbonyl (C=O) groups is 1. The third kappa shape index (κ3) is 4.15. The number of aliphatic hydroxyl groups excluding tert-OH is 1. The summed E-state index contributed by atoms with van der Waals surface area (Å²) >= 11 is 0. The Balaban J connectivity index is 1.96. The molecule has 1 saturated heterocycles. The third-order valence-electron chi connectivity index (χ3n) is 3.56. The summed E-state index contributed by atoms with van der Waals surface area (Å²) in [5.74, 6) is 0.656. The SMILES string of the molecule is CCNc1ncccc1C(=O)N1CCC(OCCO)CC1. The van der Waals surface area contributed by atoms with Crippen LogP contribution in [-0.2, 0) is 4.74 Å². The first kappa shape index (κ1) is 15.7. The molecule has 2 N–H and O–H groups in total. The van der Waals surface area contributed by atoms with Crippen molar-refractivity contribution in [2.75, 3.05) is 38.2 Å². The van der Waals surface area contributed by atoms with Gasteiger partial charge in [0.25, 0.3) is 5.91 Å². The average molecular weight is 293 g/mol. The quantitative estimate of drug-likeness (QED) is 0.822. The van der Waals surface area contributed by atoms with Crippen molar-refractivity contribution < 1.29 is 14.6 Å². The normalized spacial score (nSPS) is 16.0. The van der Waals surface area contributed by atoms with E-state index in [1.54, 1.807) is 12.3 Å². The van der Waals surface area contributed by atoms with Crippen LogP contribution in [-0.4, -0.2) is 59.8 Å². The van der Waals surface area contributed by atoms with Gasteiger partial charge in [-0.3, -0.25) is 4.79 Å². The van der Waals surface area contributed by atoms with Crippen LogP contribution >= 0.6 is 0 Å². The molecule has 2 rings (SSSR count). The molecule has 0 bridgehead atoms. The van der Waals surface area contributed by atoms with Crippen LogP contribution in [0, 0.1) is 0 Å². The van der Waals surface area contributed by atoms with Crippen molar-refractivity contribution in [2.24, 2.45) is 0 Å². The number of nitrogens with one attached hydrogen (secondary N) is 1. The highest BCUT2D eigenvalue weighted by molar-refractivity contribution is 5.98. The Morgan fingerprint density at radius 2 is 2.29 bits per heavy atom. The predicted octanol–water partition coefficient (Wildman–Crippen LogP) is 1.13. The molecular weight excluding hydrogens is 270 g/mol. The van der Waals surface area contributed by atoms with Crippen molar-refractivity contribution in [2.45, 2.75) is 25.9 Å². The predicted molar refractivity (Wildman–Crippen MR) is 80.4 cm³/mol. The molecule has 1 aliphatic rings. The molecule has 2 heterocycles. The van der Waals surface area contributed by atoms with Gasteiger partial charge in [-0.1, -0.05) is 0 Å². The zero-order valence-electron chi connectivity index (χ0n) is 12.4. The molecule has 6 heteroatoms. The number of carbonyl (C=O) groups excluding carboxylic acids is 1. The van der Waals surface area contributed by atoms with Crippen LogP contribution in [0.5, 0.6) is 0 Å². The molecule has 1 amide bonds. The molecule has 1 aromatic rings. The van der Waals surface area contributed by atoms with E-state index >= 15 is 0 Å². The second-order valence-corrected chi connectivity index (χ2v) is 5.02. The van der Waals surface area contributed by atoms with Gasteiger partial charge in [-0.15, -0.1) is 0 Å². The summed E-state index contributed by atoms with van der Waals surface area (Å²) in [6, 6.07) is 3.59. The summed E-state index contributed by atoms with van der Waals surface area (Å²) in [5, 5.41) is 11.9. The van der Waals surface area contributed by atoms with Crippen molar-refractivity contribution >= 4 is 11.7 Å².